The highest BCUT2D eigenvalue weighted by Gasteiger charge is 2.36. The maximum Gasteiger partial charge on any atom is 0.276 e. The number of carbonyl (C=O) groups is 3. The molecule has 4 N–H and O–H groups in total. The minimum atomic E-state index is -1.82. The van der Waals surface area contributed by atoms with Gasteiger partial charge in [-0.25, -0.2) is 4.39 Å². The van der Waals surface area contributed by atoms with Crippen LogP contribution in [0, 0.1) is 5.82 Å². The van der Waals surface area contributed by atoms with Gasteiger partial charge < -0.3 is 25.2 Å². The van der Waals surface area contributed by atoms with Gasteiger partial charge in [-0.2, -0.15) is 0 Å². The highest BCUT2D eigenvalue weighted by molar-refractivity contribution is 6.04. The smallest absolute Gasteiger partial charge is 0.276 e. The number of hydrogen-bond acceptors (Lipinski definition) is 7. The molecular formula is C22H24FN3O6. The molecule has 0 aromatic heterocycles. The Morgan fingerprint density at radius 1 is 1.28 bits per heavy atom. The van der Waals surface area contributed by atoms with Crippen molar-refractivity contribution in [1.29, 1.82) is 0 Å². The zero-order chi connectivity index (χ0) is 23.3. The summed E-state index contributed by atoms with van der Waals surface area (Å²) in [6.45, 7) is 1.50. The number of benzene rings is 2. The Bertz CT molecular complexity index is 1030. The molecule has 2 aromatic rings. The van der Waals surface area contributed by atoms with E-state index in [-0.39, 0.29) is 32.7 Å². The predicted octanol–water partition coefficient (Wildman–Crippen LogP) is 1.14. The maximum atomic E-state index is 14.2. The fourth-order valence-electron chi connectivity index (χ4n) is 3.28. The van der Waals surface area contributed by atoms with Crippen molar-refractivity contribution in [3.8, 4) is 5.75 Å². The molecule has 170 valence electrons. The number of rotatable bonds is 9. The predicted molar refractivity (Wildman–Crippen MR) is 112 cm³/mol. The zero-order valence-electron chi connectivity index (χ0n) is 17.4. The van der Waals surface area contributed by atoms with E-state index in [1.807, 2.05) is 5.32 Å². The van der Waals surface area contributed by atoms with Gasteiger partial charge in [-0.3, -0.25) is 19.7 Å². The van der Waals surface area contributed by atoms with Gasteiger partial charge in [0.2, 0.25) is 12.1 Å². The molecule has 1 aliphatic heterocycles. The number of halogens is 1. The summed E-state index contributed by atoms with van der Waals surface area (Å²) in [4.78, 5) is 37.1. The highest BCUT2D eigenvalue weighted by atomic mass is 19.1. The van der Waals surface area contributed by atoms with Crippen molar-refractivity contribution in [2.24, 2.45) is 0 Å². The highest BCUT2D eigenvalue weighted by Crippen LogP contribution is 2.31. The Morgan fingerprint density at radius 2 is 2.06 bits per heavy atom. The minimum Gasteiger partial charge on any atom is -0.491 e. The van der Waals surface area contributed by atoms with Crippen molar-refractivity contribution in [1.82, 2.24) is 10.2 Å². The van der Waals surface area contributed by atoms with Crippen LogP contribution < -0.4 is 15.4 Å². The van der Waals surface area contributed by atoms with E-state index in [1.165, 1.54) is 18.2 Å². The average molecular weight is 445 g/mol. The molecule has 3 rings (SSSR count). The Labute approximate surface area is 183 Å². The molecule has 0 saturated carbocycles. The summed E-state index contributed by atoms with van der Waals surface area (Å²) in [5.41, 5.74) is 1.69. The fourth-order valence-corrected chi connectivity index (χ4v) is 3.28. The summed E-state index contributed by atoms with van der Waals surface area (Å²) in [7, 11) is 0. The van der Waals surface area contributed by atoms with Crippen LogP contribution in [0.25, 0.3) is 0 Å². The second kappa shape index (κ2) is 10.2. The standard InChI is InChI=1S/C22H24FN3O6/c1-2-19(28)25-20(29)22(31)26-12-16-15(21(26)30)4-3-5-18(16)24-11-13-10-14(32-9-8-27)6-7-17(13)23/h3-7,10,22,24,27,31H,2,8-9,11-12H2,1H3,(H,25,28,29). The Kier molecular flexibility index (Phi) is 7.39. The van der Waals surface area contributed by atoms with Crippen LogP contribution in [0.2, 0.25) is 0 Å². The van der Waals surface area contributed by atoms with Crippen molar-refractivity contribution in [3.05, 3.63) is 58.9 Å². The minimum absolute atomic E-state index is 0.0590. The number of aliphatic hydroxyl groups excluding tert-OH is 2. The second-order valence-electron chi connectivity index (χ2n) is 7.08. The number of hydrogen-bond donors (Lipinski definition) is 4. The molecule has 3 amide bonds. The summed E-state index contributed by atoms with van der Waals surface area (Å²) in [6.07, 6.45) is -1.76. The average Bonchev–Trinajstić information content (AvgIpc) is 3.14. The number of fused-ring (bicyclic) bond motifs is 1. The van der Waals surface area contributed by atoms with Crippen LogP contribution in [0.1, 0.15) is 34.8 Å². The molecular weight excluding hydrogens is 421 g/mol. The van der Waals surface area contributed by atoms with Crippen molar-refractivity contribution in [2.45, 2.75) is 32.7 Å². The topological polar surface area (TPSA) is 128 Å². The summed E-state index contributed by atoms with van der Waals surface area (Å²) in [6, 6.07) is 9.13. The van der Waals surface area contributed by atoms with Crippen molar-refractivity contribution in [3.63, 3.8) is 0 Å². The lowest BCUT2D eigenvalue weighted by Gasteiger charge is -2.21. The molecule has 2 aromatic carbocycles. The Balaban J connectivity index is 1.74. The lowest BCUT2D eigenvalue weighted by atomic mass is 10.1. The first-order valence-electron chi connectivity index (χ1n) is 10.1. The number of anilines is 1. The maximum absolute atomic E-state index is 14.2. The van der Waals surface area contributed by atoms with E-state index in [4.69, 9.17) is 9.84 Å². The first kappa shape index (κ1) is 23.2. The van der Waals surface area contributed by atoms with Crippen LogP contribution in [0.15, 0.2) is 36.4 Å². The zero-order valence-corrected chi connectivity index (χ0v) is 17.4. The van der Waals surface area contributed by atoms with E-state index in [1.54, 1.807) is 25.1 Å². The summed E-state index contributed by atoms with van der Waals surface area (Å²) in [5, 5.41) is 24.3. The van der Waals surface area contributed by atoms with E-state index < -0.39 is 29.8 Å². The molecule has 0 fully saturated rings. The third kappa shape index (κ3) is 5.04. The van der Waals surface area contributed by atoms with Gasteiger partial charge in [0.15, 0.2) is 0 Å². The molecule has 1 unspecified atom stereocenters. The lowest BCUT2D eigenvalue weighted by molar-refractivity contribution is -0.141. The molecule has 10 heteroatoms. The van der Waals surface area contributed by atoms with Gasteiger partial charge in [0.1, 0.15) is 18.2 Å². The third-order valence-electron chi connectivity index (χ3n) is 4.96. The van der Waals surface area contributed by atoms with E-state index >= 15 is 0 Å². The summed E-state index contributed by atoms with van der Waals surface area (Å²) >= 11 is 0. The number of ether oxygens (including phenoxy) is 1. The molecule has 0 bridgehead atoms. The van der Waals surface area contributed by atoms with E-state index in [2.05, 4.69) is 5.32 Å². The van der Waals surface area contributed by atoms with Gasteiger partial charge in [0.05, 0.1) is 13.2 Å². The number of imide groups is 1. The molecule has 9 nitrogen and oxygen atoms in total. The summed E-state index contributed by atoms with van der Waals surface area (Å²) < 4.78 is 19.5. The van der Waals surface area contributed by atoms with Gasteiger partial charge in [-0.1, -0.05) is 13.0 Å². The number of nitrogens with zero attached hydrogens (tertiary/aromatic N) is 1. The van der Waals surface area contributed by atoms with Gasteiger partial charge in [0, 0.05) is 35.3 Å². The normalized spacial score (nSPS) is 13.5. The number of aliphatic hydroxyl groups is 2. The molecule has 0 aliphatic carbocycles. The SMILES string of the molecule is CCC(=O)NC(=O)C(O)N1Cc2c(NCc3cc(OCCO)ccc3F)cccc2C1=O. The van der Waals surface area contributed by atoms with E-state index in [9.17, 15) is 23.9 Å². The van der Waals surface area contributed by atoms with Gasteiger partial charge >= 0.3 is 0 Å². The van der Waals surface area contributed by atoms with E-state index in [0.29, 0.717) is 28.1 Å². The third-order valence-corrected chi connectivity index (χ3v) is 4.96. The van der Waals surface area contributed by atoms with Gasteiger partial charge in [0.25, 0.3) is 11.8 Å². The van der Waals surface area contributed by atoms with Crippen LogP contribution in [0.3, 0.4) is 0 Å². The number of carbonyl (C=O) groups excluding carboxylic acids is 3. The summed E-state index contributed by atoms with van der Waals surface area (Å²) in [5.74, 6) is -2.14. The van der Waals surface area contributed by atoms with Crippen LogP contribution in [-0.2, 0) is 22.7 Å². The van der Waals surface area contributed by atoms with Crippen molar-refractivity contribution in [2.75, 3.05) is 18.5 Å². The fraction of sp³-hybridized carbons (Fsp3) is 0.318. The van der Waals surface area contributed by atoms with Crippen LogP contribution >= 0.6 is 0 Å². The van der Waals surface area contributed by atoms with E-state index in [0.717, 1.165) is 4.90 Å². The first-order valence-corrected chi connectivity index (χ1v) is 10.1. The van der Waals surface area contributed by atoms with Gasteiger partial charge in [-0.05, 0) is 30.3 Å². The largest absolute Gasteiger partial charge is 0.491 e. The molecule has 1 aliphatic rings. The quantitative estimate of drug-likeness (QED) is 0.456. The Hall–Kier alpha value is -3.50. The van der Waals surface area contributed by atoms with Crippen LogP contribution in [0.5, 0.6) is 5.75 Å². The van der Waals surface area contributed by atoms with Gasteiger partial charge in [-0.15, -0.1) is 0 Å². The monoisotopic (exact) mass is 445 g/mol. The van der Waals surface area contributed by atoms with Crippen LogP contribution in [0.4, 0.5) is 10.1 Å². The number of nitrogens with one attached hydrogen (secondary N) is 2. The Morgan fingerprint density at radius 3 is 2.78 bits per heavy atom. The molecule has 1 heterocycles. The molecule has 32 heavy (non-hydrogen) atoms. The molecule has 1 atom stereocenters. The second-order valence-corrected chi connectivity index (χ2v) is 7.08. The molecule has 0 saturated heterocycles. The van der Waals surface area contributed by atoms with Crippen molar-refractivity contribution < 1.29 is 33.7 Å². The van der Waals surface area contributed by atoms with Crippen molar-refractivity contribution >= 4 is 23.4 Å². The first-order chi connectivity index (χ1) is 15.3. The molecule has 0 spiro atoms. The lowest BCUT2D eigenvalue weighted by Crippen LogP contribution is -2.48. The molecule has 0 radical (unpaired) electrons. The van der Waals surface area contributed by atoms with Crippen LogP contribution in [-0.4, -0.2) is 52.3 Å². The number of amides is 3.